The molecule has 0 saturated carbocycles. The molecular formula is C8H17NO2. The van der Waals surface area contributed by atoms with Gasteiger partial charge in [0, 0.05) is 13.2 Å². The zero-order valence-corrected chi connectivity index (χ0v) is 7.46. The Morgan fingerprint density at radius 3 is 2.73 bits per heavy atom. The van der Waals surface area contributed by atoms with Crippen LogP contribution in [-0.2, 0) is 9.47 Å². The molecule has 1 rings (SSSR count). The summed E-state index contributed by atoms with van der Waals surface area (Å²) in [5, 5.41) is 3.39. The maximum atomic E-state index is 5.27. The highest BCUT2D eigenvalue weighted by molar-refractivity contribution is 4.82. The summed E-state index contributed by atoms with van der Waals surface area (Å²) in [6.45, 7) is 5.76. The van der Waals surface area contributed by atoms with E-state index in [4.69, 9.17) is 9.47 Å². The van der Waals surface area contributed by atoms with Crippen LogP contribution in [0.3, 0.4) is 0 Å². The lowest BCUT2D eigenvalue weighted by Gasteiger charge is -2.19. The molecule has 1 fully saturated rings. The molecule has 66 valence electrons. The van der Waals surface area contributed by atoms with E-state index in [9.17, 15) is 0 Å². The first-order valence-corrected chi connectivity index (χ1v) is 4.10. The van der Waals surface area contributed by atoms with Crippen molar-refractivity contribution in [2.45, 2.75) is 32.0 Å². The number of hydrogen-bond donors (Lipinski definition) is 1. The van der Waals surface area contributed by atoms with E-state index in [0.717, 1.165) is 13.2 Å². The lowest BCUT2D eigenvalue weighted by atomic mass is 10.2. The van der Waals surface area contributed by atoms with Gasteiger partial charge in [0.2, 0.25) is 0 Å². The first-order valence-electron chi connectivity index (χ1n) is 4.10. The van der Waals surface area contributed by atoms with Crippen molar-refractivity contribution in [1.82, 2.24) is 5.32 Å². The zero-order valence-electron chi connectivity index (χ0n) is 7.46. The average molecular weight is 159 g/mol. The van der Waals surface area contributed by atoms with Gasteiger partial charge in [-0.05, 0) is 0 Å². The van der Waals surface area contributed by atoms with Crippen LogP contribution >= 0.6 is 0 Å². The SMILES string of the molecule is CO[C@@H]1COC[C@H]1NC(C)C. The first kappa shape index (κ1) is 8.97. The van der Waals surface area contributed by atoms with Gasteiger partial charge in [0.05, 0.1) is 25.4 Å². The molecule has 0 radical (unpaired) electrons. The maximum absolute atomic E-state index is 5.27. The summed E-state index contributed by atoms with van der Waals surface area (Å²) >= 11 is 0. The molecule has 1 heterocycles. The molecule has 1 aliphatic heterocycles. The van der Waals surface area contributed by atoms with Crippen molar-refractivity contribution in [1.29, 1.82) is 0 Å². The third-order valence-electron chi connectivity index (χ3n) is 1.88. The molecule has 1 N–H and O–H groups in total. The Morgan fingerprint density at radius 1 is 1.45 bits per heavy atom. The van der Waals surface area contributed by atoms with E-state index in [2.05, 4.69) is 19.2 Å². The fourth-order valence-corrected chi connectivity index (χ4v) is 1.35. The lowest BCUT2D eigenvalue weighted by Crippen LogP contribution is -2.43. The van der Waals surface area contributed by atoms with Crippen molar-refractivity contribution in [3.05, 3.63) is 0 Å². The monoisotopic (exact) mass is 159 g/mol. The molecule has 11 heavy (non-hydrogen) atoms. The minimum atomic E-state index is 0.234. The molecule has 1 aliphatic rings. The third-order valence-corrected chi connectivity index (χ3v) is 1.88. The summed E-state index contributed by atoms with van der Waals surface area (Å²) in [5.41, 5.74) is 0. The van der Waals surface area contributed by atoms with Gasteiger partial charge in [0.15, 0.2) is 0 Å². The van der Waals surface area contributed by atoms with Crippen molar-refractivity contribution < 1.29 is 9.47 Å². The van der Waals surface area contributed by atoms with Crippen LogP contribution < -0.4 is 5.32 Å². The Hall–Kier alpha value is -0.120. The molecule has 2 atom stereocenters. The predicted molar refractivity (Wildman–Crippen MR) is 43.7 cm³/mol. The maximum Gasteiger partial charge on any atom is 0.0979 e. The number of ether oxygens (including phenoxy) is 2. The fraction of sp³-hybridized carbons (Fsp3) is 1.00. The van der Waals surface area contributed by atoms with Crippen molar-refractivity contribution in [2.75, 3.05) is 20.3 Å². The quantitative estimate of drug-likeness (QED) is 0.646. The van der Waals surface area contributed by atoms with Crippen molar-refractivity contribution in [3.8, 4) is 0 Å². The summed E-state index contributed by atoms with van der Waals surface area (Å²) < 4.78 is 10.5. The number of hydrogen-bond acceptors (Lipinski definition) is 3. The van der Waals surface area contributed by atoms with Gasteiger partial charge >= 0.3 is 0 Å². The molecule has 0 aromatic heterocycles. The molecule has 0 spiro atoms. The minimum absolute atomic E-state index is 0.234. The van der Waals surface area contributed by atoms with Crippen LogP contribution in [0, 0.1) is 0 Å². The highest BCUT2D eigenvalue weighted by atomic mass is 16.5. The predicted octanol–water partition coefficient (Wildman–Crippen LogP) is 0.398. The molecule has 3 heteroatoms. The van der Waals surface area contributed by atoms with Gasteiger partial charge in [-0.3, -0.25) is 0 Å². The number of methoxy groups -OCH3 is 1. The molecule has 0 amide bonds. The van der Waals surface area contributed by atoms with Crippen LogP contribution in [0.2, 0.25) is 0 Å². The average Bonchev–Trinajstić information content (AvgIpc) is 2.34. The van der Waals surface area contributed by atoms with E-state index in [1.165, 1.54) is 0 Å². The Bertz CT molecular complexity index is 117. The van der Waals surface area contributed by atoms with Crippen LogP contribution in [0.4, 0.5) is 0 Å². The normalized spacial score (nSPS) is 31.6. The summed E-state index contributed by atoms with van der Waals surface area (Å²) in [4.78, 5) is 0. The van der Waals surface area contributed by atoms with E-state index in [-0.39, 0.29) is 6.10 Å². The summed E-state index contributed by atoms with van der Waals surface area (Å²) in [7, 11) is 1.73. The van der Waals surface area contributed by atoms with Crippen LogP contribution in [-0.4, -0.2) is 38.5 Å². The van der Waals surface area contributed by atoms with E-state index < -0.39 is 0 Å². The standard InChI is InChI=1S/C8H17NO2/c1-6(2)9-7-4-11-5-8(7)10-3/h6-9H,4-5H2,1-3H3/t7-,8-/m1/s1. The second kappa shape index (κ2) is 4.04. The van der Waals surface area contributed by atoms with Gasteiger partial charge < -0.3 is 14.8 Å². The van der Waals surface area contributed by atoms with E-state index in [1.54, 1.807) is 7.11 Å². The zero-order chi connectivity index (χ0) is 8.27. The summed E-state index contributed by atoms with van der Waals surface area (Å²) in [5.74, 6) is 0. The Morgan fingerprint density at radius 2 is 2.18 bits per heavy atom. The molecule has 1 saturated heterocycles. The van der Waals surface area contributed by atoms with Crippen LogP contribution in [0.1, 0.15) is 13.8 Å². The lowest BCUT2D eigenvalue weighted by molar-refractivity contribution is 0.0723. The van der Waals surface area contributed by atoms with Gasteiger partial charge in [-0.1, -0.05) is 13.8 Å². The molecule has 0 bridgehead atoms. The third kappa shape index (κ3) is 2.43. The molecule has 0 aromatic carbocycles. The van der Waals surface area contributed by atoms with Crippen LogP contribution in [0.25, 0.3) is 0 Å². The van der Waals surface area contributed by atoms with E-state index in [0.29, 0.717) is 12.1 Å². The summed E-state index contributed by atoms with van der Waals surface area (Å²) in [6, 6.07) is 0.874. The number of rotatable bonds is 3. The number of nitrogens with one attached hydrogen (secondary N) is 1. The van der Waals surface area contributed by atoms with Crippen molar-refractivity contribution in [2.24, 2.45) is 0 Å². The first-order chi connectivity index (χ1) is 5.24. The Kier molecular flexibility index (Phi) is 3.30. The summed E-state index contributed by atoms with van der Waals surface area (Å²) in [6.07, 6.45) is 0.234. The molecular weight excluding hydrogens is 142 g/mol. The van der Waals surface area contributed by atoms with Gasteiger partial charge in [0.25, 0.3) is 0 Å². The van der Waals surface area contributed by atoms with E-state index >= 15 is 0 Å². The molecule has 0 aliphatic carbocycles. The Balaban J connectivity index is 2.31. The topological polar surface area (TPSA) is 30.5 Å². The van der Waals surface area contributed by atoms with Gasteiger partial charge in [0.1, 0.15) is 0 Å². The van der Waals surface area contributed by atoms with Crippen molar-refractivity contribution in [3.63, 3.8) is 0 Å². The van der Waals surface area contributed by atoms with Gasteiger partial charge in [-0.25, -0.2) is 0 Å². The van der Waals surface area contributed by atoms with E-state index in [1.807, 2.05) is 0 Å². The second-order valence-corrected chi connectivity index (χ2v) is 3.24. The highest BCUT2D eigenvalue weighted by Crippen LogP contribution is 2.08. The smallest absolute Gasteiger partial charge is 0.0979 e. The largest absolute Gasteiger partial charge is 0.377 e. The van der Waals surface area contributed by atoms with Gasteiger partial charge in [-0.2, -0.15) is 0 Å². The Labute approximate surface area is 68.1 Å². The van der Waals surface area contributed by atoms with Crippen LogP contribution in [0.15, 0.2) is 0 Å². The molecule has 3 nitrogen and oxygen atoms in total. The minimum Gasteiger partial charge on any atom is -0.377 e. The van der Waals surface area contributed by atoms with Crippen LogP contribution in [0.5, 0.6) is 0 Å². The van der Waals surface area contributed by atoms with Crippen molar-refractivity contribution >= 4 is 0 Å². The fourth-order valence-electron chi connectivity index (χ4n) is 1.35. The second-order valence-electron chi connectivity index (χ2n) is 3.24. The van der Waals surface area contributed by atoms with Gasteiger partial charge in [-0.15, -0.1) is 0 Å². The molecule has 0 aromatic rings. The highest BCUT2D eigenvalue weighted by Gasteiger charge is 2.27. The molecule has 0 unspecified atom stereocenters.